The van der Waals surface area contributed by atoms with Gasteiger partial charge >= 0.3 is 5.97 Å². The Balaban J connectivity index is 2.12. The van der Waals surface area contributed by atoms with Gasteiger partial charge in [0, 0.05) is 25.2 Å². The molecule has 0 N–H and O–H groups in total. The zero-order valence-electron chi connectivity index (χ0n) is 11.8. The zero-order valence-corrected chi connectivity index (χ0v) is 11.8. The minimum absolute atomic E-state index is 0.194. The second-order valence-electron chi connectivity index (χ2n) is 4.90. The average Bonchev–Trinajstić information content (AvgIpc) is 2.88. The van der Waals surface area contributed by atoms with Gasteiger partial charge < -0.3 is 9.64 Å². The van der Waals surface area contributed by atoms with Crippen LogP contribution in [0.1, 0.15) is 5.56 Å². The Kier molecular flexibility index (Phi) is 3.21. The lowest BCUT2D eigenvalue weighted by molar-refractivity contribution is -0.141. The van der Waals surface area contributed by atoms with Crippen molar-refractivity contribution in [3.8, 4) is 0 Å². The first kappa shape index (κ1) is 13.4. The SMILES string of the molecule is COC(=O)[C@@H]1Cc2ccccc2N1c1ccc(=O)n(C)n1. The van der Waals surface area contributed by atoms with E-state index < -0.39 is 6.04 Å². The molecule has 0 fully saturated rings. The van der Waals surface area contributed by atoms with Crippen molar-refractivity contribution in [1.29, 1.82) is 0 Å². The van der Waals surface area contributed by atoms with Crippen molar-refractivity contribution in [2.75, 3.05) is 12.0 Å². The van der Waals surface area contributed by atoms with Crippen molar-refractivity contribution >= 4 is 17.5 Å². The number of hydrogen-bond donors (Lipinski definition) is 0. The van der Waals surface area contributed by atoms with Crippen LogP contribution in [0.25, 0.3) is 0 Å². The number of hydrogen-bond acceptors (Lipinski definition) is 5. The Morgan fingerprint density at radius 1 is 1.29 bits per heavy atom. The quantitative estimate of drug-likeness (QED) is 0.771. The fourth-order valence-corrected chi connectivity index (χ4v) is 2.61. The van der Waals surface area contributed by atoms with Gasteiger partial charge in [-0.2, -0.15) is 5.10 Å². The van der Waals surface area contributed by atoms with Gasteiger partial charge in [0.15, 0.2) is 5.82 Å². The number of carbonyl (C=O) groups excluding carboxylic acids is 1. The third-order valence-electron chi connectivity index (χ3n) is 3.64. The van der Waals surface area contributed by atoms with Crippen LogP contribution < -0.4 is 10.5 Å². The van der Waals surface area contributed by atoms with Gasteiger partial charge in [0.05, 0.1) is 7.11 Å². The molecular weight excluding hydrogens is 270 g/mol. The largest absolute Gasteiger partial charge is 0.467 e. The van der Waals surface area contributed by atoms with E-state index in [0.29, 0.717) is 12.2 Å². The van der Waals surface area contributed by atoms with Crippen LogP contribution in [0.3, 0.4) is 0 Å². The number of rotatable bonds is 2. The molecule has 6 nitrogen and oxygen atoms in total. The van der Waals surface area contributed by atoms with Crippen molar-refractivity contribution in [2.24, 2.45) is 7.05 Å². The van der Waals surface area contributed by atoms with Crippen LogP contribution >= 0.6 is 0 Å². The lowest BCUT2D eigenvalue weighted by Gasteiger charge is -2.24. The Morgan fingerprint density at radius 2 is 2.05 bits per heavy atom. The van der Waals surface area contributed by atoms with Crippen LogP contribution in [0.5, 0.6) is 0 Å². The molecule has 0 saturated carbocycles. The molecule has 6 heteroatoms. The van der Waals surface area contributed by atoms with Crippen molar-refractivity contribution in [3.63, 3.8) is 0 Å². The molecule has 1 aromatic carbocycles. The van der Waals surface area contributed by atoms with Gasteiger partial charge in [-0.3, -0.25) is 4.79 Å². The van der Waals surface area contributed by atoms with E-state index in [0.717, 1.165) is 11.3 Å². The van der Waals surface area contributed by atoms with Crippen LogP contribution in [-0.4, -0.2) is 28.9 Å². The van der Waals surface area contributed by atoms with Gasteiger partial charge in [0.2, 0.25) is 0 Å². The summed E-state index contributed by atoms with van der Waals surface area (Å²) in [5.74, 6) is 0.235. The molecule has 108 valence electrons. The van der Waals surface area contributed by atoms with Crippen LogP contribution in [0.4, 0.5) is 11.5 Å². The minimum Gasteiger partial charge on any atom is -0.467 e. The molecule has 1 aliphatic rings. The number of nitrogens with zero attached hydrogens (tertiary/aromatic N) is 3. The predicted octanol–water partition coefficient (Wildman–Crippen LogP) is 1.02. The highest BCUT2D eigenvalue weighted by molar-refractivity contribution is 5.87. The molecule has 1 aliphatic heterocycles. The molecule has 0 bridgehead atoms. The van der Waals surface area contributed by atoms with Crippen LogP contribution in [0, 0.1) is 0 Å². The molecule has 1 atom stereocenters. The highest BCUT2D eigenvalue weighted by Crippen LogP contribution is 2.37. The fraction of sp³-hybridized carbons (Fsp3) is 0.267. The first-order valence-electron chi connectivity index (χ1n) is 6.61. The topological polar surface area (TPSA) is 64.4 Å². The number of aryl methyl sites for hydroxylation is 1. The smallest absolute Gasteiger partial charge is 0.329 e. The number of fused-ring (bicyclic) bond motifs is 1. The van der Waals surface area contributed by atoms with Gasteiger partial charge in [0.25, 0.3) is 5.56 Å². The number of ether oxygens (including phenoxy) is 1. The Labute approximate surface area is 121 Å². The zero-order chi connectivity index (χ0) is 15.0. The van der Waals surface area contributed by atoms with E-state index in [9.17, 15) is 9.59 Å². The summed E-state index contributed by atoms with van der Waals surface area (Å²) in [4.78, 5) is 25.4. The Hall–Kier alpha value is -2.63. The first-order valence-corrected chi connectivity index (χ1v) is 6.61. The van der Waals surface area contributed by atoms with E-state index in [1.807, 2.05) is 29.2 Å². The van der Waals surface area contributed by atoms with Gasteiger partial charge in [-0.25, -0.2) is 9.48 Å². The number of methoxy groups -OCH3 is 1. The number of anilines is 2. The summed E-state index contributed by atoms with van der Waals surface area (Å²) in [6.45, 7) is 0. The van der Waals surface area contributed by atoms with Crippen molar-refractivity contribution in [1.82, 2.24) is 9.78 Å². The van der Waals surface area contributed by atoms with E-state index >= 15 is 0 Å². The molecule has 0 radical (unpaired) electrons. The van der Waals surface area contributed by atoms with E-state index in [4.69, 9.17) is 4.74 Å². The monoisotopic (exact) mass is 285 g/mol. The number of aromatic nitrogens is 2. The second kappa shape index (κ2) is 5.05. The summed E-state index contributed by atoms with van der Waals surface area (Å²) in [6.07, 6.45) is 0.563. The van der Waals surface area contributed by atoms with Gasteiger partial charge in [-0.1, -0.05) is 18.2 Å². The maximum Gasteiger partial charge on any atom is 0.329 e. The maximum absolute atomic E-state index is 12.1. The summed E-state index contributed by atoms with van der Waals surface area (Å²) < 4.78 is 6.15. The fourth-order valence-electron chi connectivity index (χ4n) is 2.61. The molecule has 3 rings (SSSR count). The van der Waals surface area contributed by atoms with Crippen LogP contribution in [0.15, 0.2) is 41.2 Å². The Bertz CT molecular complexity index is 754. The first-order chi connectivity index (χ1) is 10.1. The summed E-state index contributed by atoms with van der Waals surface area (Å²) >= 11 is 0. The third-order valence-corrected chi connectivity index (χ3v) is 3.64. The predicted molar refractivity (Wildman–Crippen MR) is 77.6 cm³/mol. The maximum atomic E-state index is 12.1. The van der Waals surface area contributed by atoms with E-state index in [1.54, 1.807) is 13.1 Å². The minimum atomic E-state index is -0.461. The molecule has 0 unspecified atom stereocenters. The number of para-hydroxylation sites is 1. The molecule has 21 heavy (non-hydrogen) atoms. The summed E-state index contributed by atoms with van der Waals surface area (Å²) in [5, 5.41) is 4.24. The van der Waals surface area contributed by atoms with E-state index in [2.05, 4.69) is 5.10 Å². The van der Waals surface area contributed by atoms with Gasteiger partial charge in [-0.05, 0) is 17.7 Å². The number of carbonyl (C=O) groups is 1. The Morgan fingerprint density at radius 3 is 2.76 bits per heavy atom. The highest BCUT2D eigenvalue weighted by atomic mass is 16.5. The summed E-state index contributed by atoms with van der Waals surface area (Å²) in [5.41, 5.74) is 1.78. The molecule has 0 aliphatic carbocycles. The standard InChI is InChI=1S/C15H15N3O3/c1-17-14(19)8-7-13(16-17)18-11-6-4-3-5-10(11)9-12(18)15(20)21-2/h3-8,12H,9H2,1-2H3/t12-/m0/s1. The molecule has 1 aromatic heterocycles. The molecule has 0 amide bonds. The summed E-state index contributed by atoms with van der Waals surface area (Å²) in [6, 6.07) is 10.4. The lowest BCUT2D eigenvalue weighted by Crippen LogP contribution is -2.37. The van der Waals surface area contributed by atoms with Crippen molar-refractivity contribution < 1.29 is 9.53 Å². The number of esters is 1. The second-order valence-corrected chi connectivity index (χ2v) is 4.90. The highest BCUT2D eigenvalue weighted by Gasteiger charge is 2.36. The van der Waals surface area contributed by atoms with E-state index in [1.165, 1.54) is 17.9 Å². The lowest BCUT2D eigenvalue weighted by atomic mass is 10.1. The van der Waals surface area contributed by atoms with Crippen molar-refractivity contribution in [3.05, 3.63) is 52.3 Å². The van der Waals surface area contributed by atoms with Gasteiger partial charge in [-0.15, -0.1) is 0 Å². The van der Waals surface area contributed by atoms with Gasteiger partial charge in [0.1, 0.15) is 6.04 Å². The molecule has 2 aromatic rings. The summed E-state index contributed by atoms with van der Waals surface area (Å²) in [7, 11) is 2.96. The number of benzene rings is 1. The molecule has 0 spiro atoms. The molecule has 0 saturated heterocycles. The molecular formula is C15H15N3O3. The third kappa shape index (κ3) is 2.18. The van der Waals surface area contributed by atoms with Crippen molar-refractivity contribution in [2.45, 2.75) is 12.5 Å². The normalized spacial score (nSPS) is 16.7. The van der Waals surface area contributed by atoms with Crippen LogP contribution in [0.2, 0.25) is 0 Å². The van der Waals surface area contributed by atoms with E-state index in [-0.39, 0.29) is 11.5 Å². The average molecular weight is 285 g/mol. The van der Waals surface area contributed by atoms with Crippen LogP contribution in [-0.2, 0) is 23.0 Å². The molecule has 2 heterocycles.